The van der Waals surface area contributed by atoms with Crippen LogP contribution in [0.3, 0.4) is 0 Å². The molecule has 1 fully saturated rings. The first-order chi connectivity index (χ1) is 12.1. The molecule has 0 aliphatic carbocycles. The third kappa shape index (κ3) is 2.89. The van der Waals surface area contributed by atoms with Gasteiger partial charge in [-0.05, 0) is 68.1 Å². The van der Waals surface area contributed by atoms with Gasteiger partial charge in [0, 0.05) is 25.0 Å². The number of H-pyrrole nitrogens is 1. The molecule has 2 aliphatic rings. The number of rotatable bonds is 3. The van der Waals surface area contributed by atoms with E-state index in [1.807, 2.05) is 19.1 Å². The third-order valence-electron chi connectivity index (χ3n) is 5.35. The molecule has 130 valence electrons. The van der Waals surface area contributed by atoms with Crippen LogP contribution < -0.4 is 10.5 Å². The van der Waals surface area contributed by atoms with Crippen molar-refractivity contribution in [2.45, 2.75) is 32.7 Å². The zero-order valence-electron chi connectivity index (χ0n) is 14.5. The van der Waals surface area contributed by atoms with E-state index < -0.39 is 0 Å². The molecular weight excluding hydrogens is 314 g/mol. The van der Waals surface area contributed by atoms with Crippen molar-refractivity contribution in [1.82, 2.24) is 9.88 Å². The second-order valence-corrected chi connectivity index (χ2v) is 6.97. The highest BCUT2D eigenvalue weighted by Crippen LogP contribution is 2.32. The maximum Gasteiger partial charge on any atom is 0.264 e. The van der Waals surface area contributed by atoms with Gasteiger partial charge in [0.15, 0.2) is 0 Å². The number of aromatic nitrogens is 1. The van der Waals surface area contributed by atoms with Crippen LogP contribution in [0.5, 0.6) is 0 Å². The van der Waals surface area contributed by atoms with Crippen LogP contribution in [0, 0.1) is 6.92 Å². The number of likely N-dealkylation sites (tertiary alicyclic amines) is 1. The molecule has 1 saturated heterocycles. The van der Waals surface area contributed by atoms with Crippen molar-refractivity contribution in [1.29, 1.82) is 0 Å². The molecule has 0 bridgehead atoms. The average Bonchev–Trinajstić information content (AvgIpc) is 3.24. The van der Waals surface area contributed by atoms with Crippen LogP contribution >= 0.6 is 0 Å². The molecule has 5 nitrogen and oxygen atoms in total. The number of hydrogen-bond acceptors (Lipinski definition) is 3. The number of aryl methyl sites for hydroxylation is 1. The molecule has 3 heterocycles. The van der Waals surface area contributed by atoms with E-state index in [1.165, 1.54) is 24.0 Å². The van der Waals surface area contributed by atoms with Crippen LogP contribution in [0.1, 0.15) is 39.9 Å². The zero-order chi connectivity index (χ0) is 17.4. The van der Waals surface area contributed by atoms with Gasteiger partial charge in [-0.3, -0.25) is 14.5 Å². The summed E-state index contributed by atoms with van der Waals surface area (Å²) in [5.41, 5.74) is 4.19. The first-order valence-corrected chi connectivity index (χ1v) is 8.98. The molecule has 1 aromatic heterocycles. The van der Waals surface area contributed by atoms with E-state index in [0.717, 1.165) is 37.3 Å². The molecule has 0 saturated carbocycles. The third-order valence-corrected chi connectivity index (χ3v) is 5.35. The molecule has 2 aromatic rings. The van der Waals surface area contributed by atoms with E-state index in [2.05, 4.69) is 16.0 Å². The van der Waals surface area contributed by atoms with E-state index in [1.54, 1.807) is 17.2 Å². The molecule has 0 unspecified atom stereocenters. The minimum atomic E-state index is -0.313. The SMILES string of the molecule is Cc1cc[nH]c(=O)c1C(=O)N1CCc2c(CN3CCCC3)cccc21. The van der Waals surface area contributed by atoms with Crippen molar-refractivity contribution in [3.8, 4) is 0 Å². The molecule has 25 heavy (non-hydrogen) atoms. The van der Waals surface area contributed by atoms with Crippen LogP contribution in [0.25, 0.3) is 0 Å². The van der Waals surface area contributed by atoms with Crippen LogP contribution in [0.2, 0.25) is 0 Å². The van der Waals surface area contributed by atoms with Crippen molar-refractivity contribution in [2.75, 3.05) is 24.5 Å². The second-order valence-electron chi connectivity index (χ2n) is 6.97. The summed E-state index contributed by atoms with van der Waals surface area (Å²) in [5.74, 6) is -0.198. The second kappa shape index (κ2) is 6.48. The van der Waals surface area contributed by atoms with Crippen LogP contribution in [-0.2, 0) is 13.0 Å². The van der Waals surface area contributed by atoms with Gasteiger partial charge in [-0.2, -0.15) is 0 Å². The van der Waals surface area contributed by atoms with Crippen LogP contribution in [0.15, 0.2) is 35.3 Å². The maximum absolute atomic E-state index is 13.0. The highest BCUT2D eigenvalue weighted by molar-refractivity contribution is 6.08. The summed E-state index contributed by atoms with van der Waals surface area (Å²) < 4.78 is 0. The number of amides is 1. The van der Waals surface area contributed by atoms with Gasteiger partial charge >= 0.3 is 0 Å². The summed E-state index contributed by atoms with van der Waals surface area (Å²) in [6.45, 7) is 5.72. The number of nitrogens with one attached hydrogen (secondary N) is 1. The molecule has 0 atom stereocenters. The normalized spacial score (nSPS) is 17.1. The molecule has 5 heteroatoms. The van der Waals surface area contributed by atoms with Gasteiger partial charge in [-0.1, -0.05) is 12.1 Å². The quantitative estimate of drug-likeness (QED) is 0.936. The van der Waals surface area contributed by atoms with E-state index >= 15 is 0 Å². The molecule has 0 spiro atoms. The van der Waals surface area contributed by atoms with Gasteiger partial charge in [0.05, 0.1) is 0 Å². The highest BCUT2D eigenvalue weighted by atomic mass is 16.2. The maximum atomic E-state index is 13.0. The number of carbonyl (C=O) groups excluding carboxylic acids is 1. The van der Waals surface area contributed by atoms with E-state index in [-0.39, 0.29) is 17.0 Å². The summed E-state index contributed by atoms with van der Waals surface area (Å²) in [6, 6.07) is 7.97. The van der Waals surface area contributed by atoms with E-state index in [9.17, 15) is 9.59 Å². The Hall–Kier alpha value is -2.40. The molecule has 2 aliphatic heterocycles. The number of hydrogen-bond donors (Lipinski definition) is 1. The first kappa shape index (κ1) is 16.1. The molecule has 1 aromatic carbocycles. The van der Waals surface area contributed by atoms with Gasteiger partial charge < -0.3 is 9.88 Å². The van der Waals surface area contributed by atoms with E-state index in [0.29, 0.717) is 6.54 Å². The summed E-state index contributed by atoms with van der Waals surface area (Å²) >= 11 is 0. The summed E-state index contributed by atoms with van der Waals surface area (Å²) in [7, 11) is 0. The van der Waals surface area contributed by atoms with Gasteiger partial charge in [0.1, 0.15) is 5.56 Å². The van der Waals surface area contributed by atoms with Crippen molar-refractivity contribution >= 4 is 11.6 Å². The Morgan fingerprint density at radius 1 is 1.16 bits per heavy atom. The monoisotopic (exact) mass is 337 g/mol. The number of fused-ring (bicyclic) bond motifs is 1. The Morgan fingerprint density at radius 3 is 2.72 bits per heavy atom. The van der Waals surface area contributed by atoms with Gasteiger partial charge in [-0.15, -0.1) is 0 Å². The lowest BCUT2D eigenvalue weighted by Crippen LogP contribution is -2.34. The van der Waals surface area contributed by atoms with Crippen LogP contribution in [0.4, 0.5) is 5.69 Å². The average molecular weight is 337 g/mol. The standard InChI is InChI=1S/C20H23N3O2/c1-14-7-9-21-19(24)18(14)20(25)23-12-8-16-15(5-4-6-17(16)23)13-22-10-2-3-11-22/h4-7,9H,2-3,8,10-13H2,1H3,(H,21,24). The largest absolute Gasteiger partial charge is 0.328 e. The number of carbonyl (C=O) groups is 1. The minimum absolute atomic E-state index is 0.198. The lowest BCUT2D eigenvalue weighted by atomic mass is 10.0. The molecule has 1 amide bonds. The Balaban J connectivity index is 1.66. The topological polar surface area (TPSA) is 56.4 Å². The highest BCUT2D eigenvalue weighted by Gasteiger charge is 2.29. The fourth-order valence-corrected chi connectivity index (χ4v) is 4.03. The molecule has 1 N–H and O–H groups in total. The Bertz CT molecular complexity index is 865. The number of benzene rings is 1. The zero-order valence-corrected chi connectivity index (χ0v) is 14.5. The van der Waals surface area contributed by atoms with Crippen LogP contribution in [-0.4, -0.2) is 35.4 Å². The summed E-state index contributed by atoms with van der Waals surface area (Å²) in [6.07, 6.45) is 4.99. The van der Waals surface area contributed by atoms with E-state index in [4.69, 9.17) is 0 Å². The lowest BCUT2D eigenvalue weighted by molar-refractivity contribution is 0.0987. The Kier molecular flexibility index (Phi) is 4.17. The predicted octanol–water partition coefficient (Wildman–Crippen LogP) is 2.48. The number of aromatic amines is 1. The van der Waals surface area contributed by atoms with Crippen molar-refractivity contribution in [3.05, 3.63) is 63.1 Å². The number of anilines is 1. The molecule has 0 radical (unpaired) electrons. The van der Waals surface area contributed by atoms with Gasteiger partial charge in [0.2, 0.25) is 0 Å². The Morgan fingerprint density at radius 2 is 1.96 bits per heavy atom. The summed E-state index contributed by atoms with van der Waals surface area (Å²) in [4.78, 5) is 32.0. The predicted molar refractivity (Wildman–Crippen MR) is 98.1 cm³/mol. The Labute approximate surface area is 147 Å². The smallest absolute Gasteiger partial charge is 0.264 e. The minimum Gasteiger partial charge on any atom is -0.328 e. The van der Waals surface area contributed by atoms with Crippen molar-refractivity contribution in [3.63, 3.8) is 0 Å². The lowest BCUT2D eigenvalue weighted by Gasteiger charge is -2.20. The first-order valence-electron chi connectivity index (χ1n) is 8.98. The van der Waals surface area contributed by atoms with Crippen molar-refractivity contribution in [2.24, 2.45) is 0 Å². The summed E-state index contributed by atoms with van der Waals surface area (Å²) in [5, 5.41) is 0. The van der Waals surface area contributed by atoms with Gasteiger partial charge in [-0.25, -0.2) is 0 Å². The fraction of sp³-hybridized carbons (Fsp3) is 0.400. The molecular formula is C20H23N3O2. The fourth-order valence-electron chi connectivity index (χ4n) is 4.03. The number of pyridine rings is 1. The molecule has 4 rings (SSSR count). The number of nitrogens with zero attached hydrogens (tertiary/aromatic N) is 2. The van der Waals surface area contributed by atoms with Crippen molar-refractivity contribution < 1.29 is 4.79 Å². The van der Waals surface area contributed by atoms with Gasteiger partial charge in [0.25, 0.3) is 11.5 Å².